The van der Waals surface area contributed by atoms with Crippen molar-refractivity contribution in [2.45, 2.75) is 53.6 Å². The van der Waals surface area contributed by atoms with Crippen molar-refractivity contribution in [3.05, 3.63) is 142 Å². The Bertz CT molecular complexity index is 1790. The molecule has 0 saturated carbocycles. The zero-order chi connectivity index (χ0) is 33.6. The molecule has 0 atom stereocenters. The lowest BCUT2D eigenvalue weighted by Crippen LogP contribution is -2.57. The number of carbonyl (C=O) groups is 1. The van der Waals surface area contributed by atoms with E-state index in [0.717, 1.165) is 10.9 Å². The summed E-state index contributed by atoms with van der Waals surface area (Å²) in [6.45, 7) is 15.2. The third kappa shape index (κ3) is 9.35. The van der Waals surface area contributed by atoms with Gasteiger partial charge in [-0.25, -0.2) is 4.39 Å². The minimum Gasteiger partial charge on any atom is -0.377 e. The van der Waals surface area contributed by atoms with Crippen LogP contribution in [-0.2, 0) is 6.54 Å². The summed E-state index contributed by atoms with van der Waals surface area (Å²) in [6, 6.07) is 18.6. The topological polar surface area (TPSA) is 91.0 Å². The Morgan fingerprint density at radius 1 is 1.04 bits per heavy atom. The number of allylic oxidation sites excluding steroid dienone is 5. The fraction of sp³-hybridized carbons (Fsp3) is 0.263. The van der Waals surface area contributed by atoms with E-state index in [1.165, 1.54) is 34.3 Å². The molecule has 8 heteroatoms. The molecule has 0 radical (unpaired) electrons. The number of para-hydroxylation sites is 1. The van der Waals surface area contributed by atoms with Gasteiger partial charge in [-0.3, -0.25) is 14.6 Å². The molecule has 2 aromatic carbocycles. The van der Waals surface area contributed by atoms with Crippen LogP contribution in [0.4, 0.5) is 10.1 Å². The predicted molar refractivity (Wildman–Crippen MR) is 185 cm³/mol. The van der Waals surface area contributed by atoms with E-state index in [2.05, 4.69) is 62.8 Å². The van der Waals surface area contributed by atoms with Crippen LogP contribution >= 0.6 is 0 Å². The number of hydrogen-bond donors (Lipinski definition) is 1. The fourth-order valence-corrected chi connectivity index (χ4v) is 4.57. The zero-order valence-corrected chi connectivity index (χ0v) is 27.3. The average Bonchev–Trinajstić information content (AvgIpc) is 3.04. The van der Waals surface area contributed by atoms with Crippen LogP contribution in [-0.4, -0.2) is 39.5 Å². The molecule has 0 bridgehead atoms. The van der Waals surface area contributed by atoms with Crippen molar-refractivity contribution in [2.24, 2.45) is 0 Å². The molecule has 0 spiro atoms. The molecule has 1 aliphatic heterocycles. The highest BCUT2D eigenvalue weighted by atomic mass is 19.1. The van der Waals surface area contributed by atoms with Gasteiger partial charge in [0.05, 0.1) is 23.8 Å². The third-order valence-corrected chi connectivity index (χ3v) is 6.98. The summed E-state index contributed by atoms with van der Waals surface area (Å²) >= 11 is 0. The van der Waals surface area contributed by atoms with Crippen LogP contribution in [0.5, 0.6) is 0 Å². The molecule has 2 aromatic heterocycles. The first kappa shape index (κ1) is 35.2. The standard InChI is InChI=1S/C26H20FN5O2.C9H14.C3H8/c27-19-7-5-17(6-8-19)14-32-23-4-2-1-3-21(23)24(22(13-28)26(32)34)30-20-15-31(16-20)25(33)18-9-11-29-12-10-18;1-5-9(4)7-6-8(2)3;1-3-2/h1-12,20,30H,14-16H2;5-7H,1H2,2-4H3;3H2,1-2H3/b;9-7-;. The van der Waals surface area contributed by atoms with Gasteiger partial charge in [-0.15, -0.1) is 0 Å². The number of pyridine rings is 2. The molecule has 1 aliphatic rings. The second-order valence-corrected chi connectivity index (χ2v) is 11.2. The van der Waals surface area contributed by atoms with Crippen LogP contribution in [0, 0.1) is 17.1 Å². The predicted octanol–water partition coefficient (Wildman–Crippen LogP) is 7.89. The van der Waals surface area contributed by atoms with E-state index in [9.17, 15) is 19.2 Å². The van der Waals surface area contributed by atoms with Gasteiger partial charge < -0.3 is 14.8 Å². The van der Waals surface area contributed by atoms with Crippen molar-refractivity contribution in [1.29, 1.82) is 5.26 Å². The number of benzene rings is 2. The highest BCUT2D eigenvalue weighted by molar-refractivity contribution is 5.96. The molecule has 3 heterocycles. The lowest BCUT2D eigenvalue weighted by atomic mass is 10.0. The monoisotopic (exact) mass is 619 g/mol. The van der Waals surface area contributed by atoms with Crippen molar-refractivity contribution < 1.29 is 9.18 Å². The smallest absolute Gasteiger partial charge is 0.271 e. The summed E-state index contributed by atoms with van der Waals surface area (Å²) in [5, 5.41) is 13.9. The summed E-state index contributed by atoms with van der Waals surface area (Å²) in [4.78, 5) is 31.5. The molecule has 1 N–H and O–H groups in total. The first-order chi connectivity index (χ1) is 22.1. The summed E-state index contributed by atoms with van der Waals surface area (Å²) < 4.78 is 14.9. The van der Waals surface area contributed by atoms with Crippen molar-refractivity contribution in [3.63, 3.8) is 0 Å². The number of aromatic nitrogens is 2. The normalized spacial score (nSPS) is 12.4. The SMILES string of the molecule is C=C/C(C)=C\C=C(C)C.CCC.N#Cc1c(NC2CN(C(=O)c3ccncc3)C2)c2ccccc2n(Cc2ccc(F)cc2)c1=O. The number of likely N-dealkylation sites (tertiary alicyclic amines) is 1. The Hall–Kier alpha value is -5.29. The Labute approximate surface area is 271 Å². The molecule has 1 amide bonds. The maximum atomic E-state index is 13.3. The van der Waals surface area contributed by atoms with Crippen LogP contribution in [0.2, 0.25) is 0 Å². The molecule has 7 nitrogen and oxygen atoms in total. The quantitative estimate of drug-likeness (QED) is 0.213. The number of rotatable bonds is 7. The zero-order valence-electron chi connectivity index (χ0n) is 27.3. The Balaban J connectivity index is 0.000000412. The van der Waals surface area contributed by atoms with Crippen molar-refractivity contribution in [3.8, 4) is 6.07 Å². The Morgan fingerprint density at radius 2 is 1.67 bits per heavy atom. The van der Waals surface area contributed by atoms with Crippen LogP contribution in [0.1, 0.15) is 62.5 Å². The van der Waals surface area contributed by atoms with Gasteiger partial charge in [0.25, 0.3) is 11.5 Å². The van der Waals surface area contributed by atoms with Gasteiger partial charge in [0, 0.05) is 36.4 Å². The molecular weight excluding hydrogens is 577 g/mol. The molecule has 0 unspecified atom stereocenters. The molecule has 4 aromatic rings. The molecular formula is C38H42FN5O2. The largest absolute Gasteiger partial charge is 0.377 e. The maximum Gasteiger partial charge on any atom is 0.271 e. The molecule has 238 valence electrons. The second-order valence-electron chi connectivity index (χ2n) is 11.2. The first-order valence-corrected chi connectivity index (χ1v) is 15.3. The number of nitrogens with zero attached hydrogens (tertiary/aromatic N) is 4. The van der Waals surface area contributed by atoms with Crippen molar-refractivity contribution >= 4 is 22.5 Å². The molecule has 5 rings (SSSR count). The Morgan fingerprint density at radius 3 is 2.26 bits per heavy atom. The van der Waals surface area contributed by atoms with Crippen LogP contribution < -0.4 is 10.9 Å². The lowest BCUT2D eigenvalue weighted by Gasteiger charge is -2.40. The van der Waals surface area contributed by atoms with Gasteiger partial charge >= 0.3 is 0 Å². The molecule has 1 fully saturated rings. The molecule has 46 heavy (non-hydrogen) atoms. The van der Waals surface area contributed by atoms with Gasteiger partial charge in [-0.2, -0.15) is 5.26 Å². The van der Waals surface area contributed by atoms with Gasteiger partial charge in [0.15, 0.2) is 0 Å². The minimum absolute atomic E-state index is 0.0136. The number of hydrogen-bond acceptors (Lipinski definition) is 5. The van der Waals surface area contributed by atoms with Gasteiger partial charge in [-0.1, -0.05) is 86.6 Å². The van der Waals surface area contributed by atoms with Gasteiger partial charge in [0.1, 0.15) is 17.4 Å². The van der Waals surface area contributed by atoms with E-state index in [4.69, 9.17) is 0 Å². The number of amides is 1. The minimum atomic E-state index is -0.419. The van der Waals surface area contributed by atoms with Crippen LogP contribution in [0.3, 0.4) is 0 Å². The first-order valence-electron chi connectivity index (χ1n) is 15.3. The maximum absolute atomic E-state index is 13.3. The highest BCUT2D eigenvalue weighted by Gasteiger charge is 2.32. The number of nitriles is 1. The van der Waals surface area contributed by atoms with E-state index >= 15 is 0 Å². The molecule has 1 saturated heterocycles. The second kappa shape index (κ2) is 17.3. The average molecular weight is 620 g/mol. The number of nitrogens with one attached hydrogen (secondary N) is 1. The Kier molecular flexibility index (Phi) is 13.2. The van der Waals surface area contributed by atoms with Crippen LogP contribution in [0.15, 0.2) is 114 Å². The summed E-state index contributed by atoms with van der Waals surface area (Å²) in [7, 11) is 0. The summed E-state index contributed by atoms with van der Waals surface area (Å²) in [5.41, 5.74) is 4.58. The van der Waals surface area contributed by atoms with Gasteiger partial charge in [0.2, 0.25) is 0 Å². The lowest BCUT2D eigenvalue weighted by molar-refractivity contribution is 0.0625. The molecule has 0 aliphatic carbocycles. The highest BCUT2D eigenvalue weighted by Crippen LogP contribution is 2.28. The summed E-state index contributed by atoms with van der Waals surface area (Å²) in [5.74, 6) is -0.435. The van der Waals surface area contributed by atoms with E-state index in [0.29, 0.717) is 29.9 Å². The van der Waals surface area contributed by atoms with E-state index < -0.39 is 5.56 Å². The number of carbonyl (C=O) groups excluding carboxylic acids is 1. The van der Waals surface area contributed by atoms with Crippen LogP contribution in [0.25, 0.3) is 10.9 Å². The van der Waals surface area contributed by atoms with Crippen molar-refractivity contribution in [2.75, 3.05) is 18.4 Å². The van der Waals surface area contributed by atoms with Gasteiger partial charge in [-0.05, 0) is 56.7 Å². The van der Waals surface area contributed by atoms with Crippen molar-refractivity contribution in [1.82, 2.24) is 14.5 Å². The number of halogens is 1. The fourth-order valence-electron chi connectivity index (χ4n) is 4.57. The number of fused-ring (bicyclic) bond motifs is 1. The van der Waals surface area contributed by atoms with E-state index in [-0.39, 0.29) is 29.9 Å². The number of anilines is 1. The third-order valence-electron chi connectivity index (χ3n) is 6.98. The van der Waals surface area contributed by atoms with E-state index in [1.807, 2.05) is 37.3 Å². The summed E-state index contributed by atoms with van der Waals surface area (Å²) in [6.07, 6.45) is 10.4. The van der Waals surface area contributed by atoms with E-state index in [1.54, 1.807) is 41.6 Å².